The van der Waals surface area contributed by atoms with Gasteiger partial charge in [-0.15, -0.1) is 0 Å². The van der Waals surface area contributed by atoms with Gasteiger partial charge in [0.15, 0.2) is 0 Å². The van der Waals surface area contributed by atoms with E-state index in [0.717, 1.165) is 16.7 Å². The van der Waals surface area contributed by atoms with E-state index in [1.807, 2.05) is 26.0 Å². The van der Waals surface area contributed by atoms with Crippen LogP contribution < -0.4 is 0 Å². The molecule has 0 aliphatic rings. The molecular weight excluding hydrogens is 321 g/mol. The highest BCUT2D eigenvalue weighted by atomic mass is 19.1. The zero-order valence-electron chi connectivity index (χ0n) is 14.7. The number of esters is 1. The second-order valence-electron chi connectivity index (χ2n) is 5.98. The Morgan fingerprint density at radius 2 is 1.72 bits per heavy atom. The Hall–Kier alpha value is -2.69. The molecule has 0 fully saturated rings. The summed E-state index contributed by atoms with van der Waals surface area (Å²) in [5.41, 5.74) is 3.50. The third-order valence-electron chi connectivity index (χ3n) is 4.14. The summed E-state index contributed by atoms with van der Waals surface area (Å²) < 4.78 is 17.7. The van der Waals surface area contributed by atoms with E-state index in [0.29, 0.717) is 12.1 Å². The molecule has 0 heterocycles. The molecular formula is C20H22FNO3. The topological polar surface area (TPSA) is 46.6 Å². The number of carbonyl (C=O) groups is 2. The molecule has 0 aliphatic heterocycles. The molecule has 0 aromatic heterocycles. The van der Waals surface area contributed by atoms with E-state index < -0.39 is 0 Å². The molecule has 2 aromatic carbocycles. The molecule has 0 bridgehead atoms. The maximum atomic E-state index is 13.1. The number of amides is 1. The highest BCUT2D eigenvalue weighted by Crippen LogP contribution is 2.15. The average molecular weight is 343 g/mol. The summed E-state index contributed by atoms with van der Waals surface area (Å²) in [5.74, 6) is -0.876. The summed E-state index contributed by atoms with van der Waals surface area (Å²) in [6.07, 6.45) is 0.105. The molecule has 25 heavy (non-hydrogen) atoms. The third-order valence-corrected chi connectivity index (χ3v) is 4.14. The SMILES string of the molecule is COC(=O)CCN(Cc1ccc(F)cc1)C(=O)c1ccc(C)c(C)c1. The van der Waals surface area contributed by atoms with Crippen molar-refractivity contribution in [3.05, 3.63) is 70.5 Å². The van der Waals surface area contributed by atoms with Crippen molar-refractivity contribution in [3.8, 4) is 0 Å². The fourth-order valence-corrected chi connectivity index (χ4v) is 2.45. The molecule has 0 radical (unpaired) electrons. The number of aryl methyl sites for hydroxylation is 2. The molecule has 0 aliphatic carbocycles. The van der Waals surface area contributed by atoms with Crippen LogP contribution in [-0.4, -0.2) is 30.4 Å². The lowest BCUT2D eigenvalue weighted by Gasteiger charge is -2.23. The van der Waals surface area contributed by atoms with Crippen LogP contribution in [0.4, 0.5) is 4.39 Å². The number of nitrogens with zero attached hydrogens (tertiary/aromatic N) is 1. The van der Waals surface area contributed by atoms with Gasteiger partial charge in [-0.2, -0.15) is 0 Å². The van der Waals surface area contributed by atoms with E-state index in [9.17, 15) is 14.0 Å². The minimum Gasteiger partial charge on any atom is -0.469 e. The van der Waals surface area contributed by atoms with Crippen molar-refractivity contribution in [2.45, 2.75) is 26.8 Å². The molecule has 1 amide bonds. The van der Waals surface area contributed by atoms with E-state index in [1.54, 1.807) is 23.1 Å². The second kappa shape index (κ2) is 8.42. The van der Waals surface area contributed by atoms with Crippen LogP contribution in [0.5, 0.6) is 0 Å². The van der Waals surface area contributed by atoms with Crippen LogP contribution in [0.1, 0.15) is 33.5 Å². The fraction of sp³-hybridized carbons (Fsp3) is 0.300. The summed E-state index contributed by atoms with van der Waals surface area (Å²) in [6, 6.07) is 11.5. The molecule has 0 saturated heterocycles. The van der Waals surface area contributed by atoms with Crippen LogP contribution in [0.15, 0.2) is 42.5 Å². The van der Waals surface area contributed by atoms with Gasteiger partial charge in [0.05, 0.1) is 13.5 Å². The Balaban J connectivity index is 2.22. The van der Waals surface area contributed by atoms with Crippen molar-refractivity contribution < 1.29 is 18.7 Å². The summed E-state index contributed by atoms with van der Waals surface area (Å²) in [5, 5.41) is 0. The van der Waals surface area contributed by atoms with Gasteiger partial charge in [0.2, 0.25) is 0 Å². The van der Waals surface area contributed by atoms with Crippen LogP contribution in [0.2, 0.25) is 0 Å². The van der Waals surface area contributed by atoms with Crippen molar-refractivity contribution in [3.63, 3.8) is 0 Å². The first kappa shape index (κ1) is 18.6. The zero-order valence-corrected chi connectivity index (χ0v) is 14.7. The maximum absolute atomic E-state index is 13.1. The van der Waals surface area contributed by atoms with Crippen molar-refractivity contribution in [2.24, 2.45) is 0 Å². The monoisotopic (exact) mass is 343 g/mol. The van der Waals surface area contributed by atoms with E-state index in [1.165, 1.54) is 19.2 Å². The summed E-state index contributed by atoms with van der Waals surface area (Å²) >= 11 is 0. The largest absolute Gasteiger partial charge is 0.469 e. The Morgan fingerprint density at radius 3 is 2.32 bits per heavy atom. The van der Waals surface area contributed by atoms with E-state index in [-0.39, 0.29) is 30.7 Å². The third kappa shape index (κ3) is 5.14. The maximum Gasteiger partial charge on any atom is 0.307 e. The number of carbonyl (C=O) groups excluding carboxylic acids is 2. The highest BCUT2D eigenvalue weighted by Gasteiger charge is 2.18. The molecule has 5 heteroatoms. The predicted molar refractivity (Wildman–Crippen MR) is 93.7 cm³/mol. The Bertz CT molecular complexity index is 756. The van der Waals surface area contributed by atoms with Crippen molar-refractivity contribution in [2.75, 3.05) is 13.7 Å². The summed E-state index contributed by atoms with van der Waals surface area (Å²) in [7, 11) is 1.32. The molecule has 2 rings (SSSR count). The molecule has 0 unspecified atom stereocenters. The number of hydrogen-bond acceptors (Lipinski definition) is 3. The molecule has 0 spiro atoms. The zero-order chi connectivity index (χ0) is 18.4. The highest BCUT2D eigenvalue weighted by molar-refractivity contribution is 5.94. The first-order valence-electron chi connectivity index (χ1n) is 8.08. The van der Waals surface area contributed by atoms with Crippen molar-refractivity contribution in [1.29, 1.82) is 0 Å². The minimum atomic E-state index is -0.378. The van der Waals surface area contributed by atoms with E-state index >= 15 is 0 Å². The van der Waals surface area contributed by atoms with Crippen LogP contribution in [0, 0.1) is 19.7 Å². The van der Waals surface area contributed by atoms with Crippen molar-refractivity contribution in [1.82, 2.24) is 4.90 Å². The summed E-state index contributed by atoms with van der Waals surface area (Å²) in [4.78, 5) is 25.9. The average Bonchev–Trinajstić information content (AvgIpc) is 2.61. The number of rotatable bonds is 6. The van der Waals surface area contributed by atoms with Gasteiger partial charge < -0.3 is 9.64 Å². The Morgan fingerprint density at radius 1 is 1.04 bits per heavy atom. The quantitative estimate of drug-likeness (QED) is 0.752. The van der Waals surface area contributed by atoms with E-state index in [2.05, 4.69) is 4.74 Å². The van der Waals surface area contributed by atoms with Gasteiger partial charge in [0.1, 0.15) is 5.82 Å². The van der Waals surface area contributed by atoms with Gasteiger partial charge in [-0.1, -0.05) is 18.2 Å². The van der Waals surface area contributed by atoms with Crippen LogP contribution in [-0.2, 0) is 16.1 Å². The van der Waals surface area contributed by atoms with Gasteiger partial charge in [-0.05, 0) is 54.8 Å². The van der Waals surface area contributed by atoms with Crippen LogP contribution in [0.3, 0.4) is 0 Å². The number of ether oxygens (including phenoxy) is 1. The van der Waals surface area contributed by atoms with Gasteiger partial charge >= 0.3 is 5.97 Å². The molecule has 132 valence electrons. The lowest BCUT2D eigenvalue weighted by atomic mass is 10.1. The Labute approximate surface area is 147 Å². The lowest BCUT2D eigenvalue weighted by molar-refractivity contribution is -0.140. The number of benzene rings is 2. The fourth-order valence-electron chi connectivity index (χ4n) is 2.45. The van der Waals surface area contributed by atoms with Gasteiger partial charge in [-0.3, -0.25) is 9.59 Å². The molecule has 2 aromatic rings. The number of hydrogen-bond donors (Lipinski definition) is 0. The summed E-state index contributed by atoms with van der Waals surface area (Å²) in [6.45, 7) is 4.46. The van der Waals surface area contributed by atoms with Crippen LogP contribution >= 0.6 is 0 Å². The first-order chi connectivity index (χ1) is 11.9. The predicted octanol–water partition coefficient (Wildman–Crippen LogP) is 3.65. The van der Waals surface area contributed by atoms with Gasteiger partial charge in [0.25, 0.3) is 5.91 Å². The van der Waals surface area contributed by atoms with Crippen LogP contribution in [0.25, 0.3) is 0 Å². The molecule has 0 saturated carbocycles. The standard InChI is InChI=1S/C20H22FNO3/c1-14-4-7-17(12-15(14)2)20(24)22(11-10-19(23)25-3)13-16-5-8-18(21)9-6-16/h4-9,12H,10-11,13H2,1-3H3. The minimum absolute atomic E-state index is 0.105. The second-order valence-corrected chi connectivity index (χ2v) is 5.98. The molecule has 0 atom stereocenters. The van der Waals surface area contributed by atoms with Crippen molar-refractivity contribution >= 4 is 11.9 Å². The normalized spacial score (nSPS) is 10.4. The van der Waals surface area contributed by atoms with Gasteiger partial charge in [-0.25, -0.2) is 4.39 Å². The Kier molecular flexibility index (Phi) is 6.28. The molecule has 4 nitrogen and oxygen atoms in total. The number of methoxy groups -OCH3 is 1. The lowest BCUT2D eigenvalue weighted by Crippen LogP contribution is -2.32. The number of halogens is 1. The first-order valence-corrected chi connectivity index (χ1v) is 8.08. The molecule has 0 N–H and O–H groups in total. The van der Waals surface area contributed by atoms with Gasteiger partial charge in [0, 0.05) is 18.7 Å². The van der Waals surface area contributed by atoms with E-state index in [4.69, 9.17) is 0 Å². The smallest absolute Gasteiger partial charge is 0.307 e.